The average Bonchev–Trinajstić information content (AvgIpc) is 2.69. The van der Waals surface area contributed by atoms with E-state index in [-0.39, 0.29) is 6.61 Å². The molecule has 20 heavy (non-hydrogen) atoms. The topological polar surface area (TPSA) is 57.0 Å². The molecular weight excluding hydrogens is 261 g/mol. The van der Waals surface area contributed by atoms with E-state index in [1.54, 1.807) is 33.0 Å². The van der Waals surface area contributed by atoms with Crippen molar-refractivity contribution in [2.45, 2.75) is 19.8 Å². The Labute approximate surface area is 116 Å². The minimum absolute atomic E-state index is 0.251. The Hall–Kier alpha value is -2.24. The van der Waals surface area contributed by atoms with Crippen LogP contribution in [0.4, 0.5) is 4.39 Å². The maximum atomic E-state index is 13.4. The van der Waals surface area contributed by atoms with Crippen molar-refractivity contribution in [2.75, 3.05) is 6.61 Å². The van der Waals surface area contributed by atoms with Gasteiger partial charge in [-0.3, -0.25) is 9.48 Å². The van der Waals surface area contributed by atoms with Gasteiger partial charge in [0, 0.05) is 7.05 Å². The molecule has 0 saturated carbocycles. The summed E-state index contributed by atoms with van der Waals surface area (Å²) >= 11 is 0. The third kappa shape index (κ3) is 2.84. The SMILES string of the molecule is CCOC(=O)C(c1cccc(F)c1)c1nc(C)nn1C. The van der Waals surface area contributed by atoms with Crippen LogP contribution in [-0.2, 0) is 16.6 Å². The van der Waals surface area contributed by atoms with Gasteiger partial charge in [-0.1, -0.05) is 12.1 Å². The zero-order valence-corrected chi connectivity index (χ0v) is 11.6. The van der Waals surface area contributed by atoms with Gasteiger partial charge in [0.1, 0.15) is 23.4 Å². The third-order valence-electron chi connectivity index (χ3n) is 2.87. The summed E-state index contributed by atoms with van der Waals surface area (Å²) in [6, 6.07) is 5.87. The monoisotopic (exact) mass is 277 g/mol. The summed E-state index contributed by atoms with van der Waals surface area (Å²) in [6.07, 6.45) is 0. The number of ether oxygens (including phenoxy) is 1. The lowest BCUT2D eigenvalue weighted by Gasteiger charge is -2.15. The molecule has 0 aliphatic rings. The molecule has 2 rings (SSSR count). The number of nitrogens with zero attached hydrogens (tertiary/aromatic N) is 3. The lowest BCUT2D eigenvalue weighted by atomic mass is 9.98. The Kier molecular flexibility index (Phi) is 4.12. The second kappa shape index (κ2) is 5.81. The Morgan fingerprint density at radius 2 is 2.25 bits per heavy atom. The maximum absolute atomic E-state index is 13.4. The molecule has 6 heteroatoms. The predicted molar refractivity (Wildman–Crippen MR) is 70.6 cm³/mol. The molecule has 0 bridgehead atoms. The molecule has 1 atom stereocenters. The first kappa shape index (κ1) is 14.2. The smallest absolute Gasteiger partial charge is 0.321 e. The molecule has 0 amide bonds. The molecule has 0 saturated heterocycles. The number of hydrogen-bond donors (Lipinski definition) is 0. The molecule has 0 radical (unpaired) electrons. The van der Waals surface area contributed by atoms with E-state index < -0.39 is 17.7 Å². The summed E-state index contributed by atoms with van der Waals surface area (Å²) in [4.78, 5) is 16.4. The molecule has 5 nitrogen and oxygen atoms in total. The van der Waals surface area contributed by atoms with Gasteiger partial charge in [-0.05, 0) is 31.5 Å². The second-order valence-electron chi connectivity index (χ2n) is 4.38. The van der Waals surface area contributed by atoms with Crippen LogP contribution in [0.5, 0.6) is 0 Å². The van der Waals surface area contributed by atoms with Gasteiger partial charge in [-0.25, -0.2) is 9.37 Å². The van der Waals surface area contributed by atoms with E-state index in [0.29, 0.717) is 17.2 Å². The van der Waals surface area contributed by atoms with Crippen molar-refractivity contribution in [1.82, 2.24) is 14.8 Å². The van der Waals surface area contributed by atoms with Crippen LogP contribution in [0.25, 0.3) is 0 Å². The third-order valence-corrected chi connectivity index (χ3v) is 2.87. The van der Waals surface area contributed by atoms with Gasteiger partial charge in [0.25, 0.3) is 0 Å². The van der Waals surface area contributed by atoms with Gasteiger partial charge in [0.2, 0.25) is 0 Å². The molecule has 1 aromatic heterocycles. The van der Waals surface area contributed by atoms with Crippen molar-refractivity contribution in [3.63, 3.8) is 0 Å². The standard InChI is InChI=1S/C14H16FN3O2/c1-4-20-14(19)12(10-6-5-7-11(15)8-10)13-16-9(2)17-18(13)3/h5-8,12H,4H2,1-3H3. The fourth-order valence-corrected chi connectivity index (χ4v) is 2.08. The first-order valence-electron chi connectivity index (χ1n) is 6.32. The Morgan fingerprint density at radius 3 is 2.80 bits per heavy atom. The van der Waals surface area contributed by atoms with Gasteiger partial charge in [0.15, 0.2) is 0 Å². The van der Waals surface area contributed by atoms with Gasteiger partial charge >= 0.3 is 5.97 Å². The van der Waals surface area contributed by atoms with Crippen molar-refractivity contribution in [3.8, 4) is 0 Å². The summed E-state index contributed by atoms with van der Waals surface area (Å²) in [5.74, 6) is -0.666. The number of rotatable bonds is 4. The van der Waals surface area contributed by atoms with Crippen LogP contribution in [0.1, 0.15) is 30.1 Å². The second-order valence-corrected chi connectivity index (χ2v) is 4.38. The van der Waals surface area contributed by atoms with Crippen LogP contribution in [0, 0.1) is 12.7 Å². The van der Waals surface area contributed by atoms with Crippen LogP contribution >= 0.6 is 0 Å². The van der Waals surface area contributed by atoms with E-state index in [2.05, 4.69) is 10.1 Å². The molecule has 1 unspecified atom stereocenters. The van der Waals surface area contributed by atoms with Crippen LogP contribution in [0.3, 0.4) is 0 Å². The molecule has 0 N–H and O–H groups in total. The summed E-state index contributed by atoms with van der Waals surface area (Å²) in [5.41, 5.74) is 0.499. The lowest BCUT2D eigenvalue weighted by Crippen LogP contribution is -2.21. The van der Waals surface area contributed by atoms with Gasteiger partial charge in [-0.15, -0.1) is 0 Å². The quantitative estimate of drug-likeness (QED) is 0.802. The highest BCUT2D eigenvalue weighted by Gasteiger charge is 2.29. The number of aromatic nitrogens is 3. The van der Waals surface area contributed by atoms with Crippen molar-refractivity contribution >= 4 is 5.97 Å². The number of aryl methyl sites for hydroxylation is 2. The van der Waals surface area contributed by atoms with E-state index in [1.807, 2.05) is 0 Å². The molecule has 0 aliphatic carbocycles. The highest BCUT2D eigenvalue weighted by molar-refractivity contribution is 5.81. The molecule has 1 aromatic carbocycles. The number of carbonyl (C=O) groups excluding carboxylic acids is 1. The van der Waals surface area contributed by atoms with Crippen LogP contribution in [-0.4, -0.2) is 27.3 Å². The molecule has 1 heterocycles. The fourth-order valence-electron chi connectivity index (χ4n) is 2.08. The zero-order chi connectivity index (χ0) is 14.7. The van der Waals surface area contributed by atoms with E-state index in [1.165, 1.54) is 16.8 Å². The van der Waals surface area contributed by atoms with Gasteiger partial charge in [0.05, 0.1) is 6.61 Å². The van der Waals surface area contributed by atoms with Crippen molar-refractivity contribution in [3.05, 3.63) is 47.3 Å². The molecular formula is C14H16FN3O2. The van der Waals surface area contributed by atoms with Gasteiger partial charge in [-0.2, -0.15) is 5.10 Å². The van der Waals surface area contributed by atoms with Crippen LogP contribution in [0.15, 0.2) is 24.3 Å². The number of benzene rings is 1. The van der Waals surface area contributed by atoms with Crippen LogP contribution in [0.2, 0.25) is 0 Å². The first-order chi connectivity index (χ1) is 9.52. The van der Waals surface area contributed by atoms with E-state index in [9.17, 15) is 9.18 Å². The predicted octanol–water partition coefficient (Wildman–Crippen LogP) is 1.96. The minimum Gasteiger partial charge on any atom is -0.465 e. The zero-order valence-electron chi connectivity index (χ0n) is 11.6. The average molecular weight is 277 g/mol. The minimum atomic E-state index is -0.781. The molecule has 2 aromatic rings. The number of halogens is 1. The summed E-state index contributed by atoms with van der Waals surface area (Å²) < 4.78 is 20.0. The van der Waals surface area contributed by atoms with Crippen molar-refractivity contribution in [2.24, 2.45) is 7.05 Å². The molecule has 106 valence electrons. The number of carbonyl (C=O) groups is 1. The molecule has 0 fully saturated rings. The van der Waals surface area contributed by atoms with Gasteiger partial charge < -0.3 is 4.74 Å². The number of esters is 1. The normalized spacial score (nSPS) is 12.2. The van der Waals surface area contributed by atoms with E-state index in [4.69, 9.17) is 4.74 Å². The first-order valence-corrected chi connectivity index (χ1v) is 6.32. The Balaban J connectivity index is 2.50. The summed E-state index contributed by atoms with van der Waals surface area (Å²) in [7, 11) is 1.70. The Morgan fingerprint density at radius 1 is 1.50 bits per heavy atom. The Bertz CT molecular complexity index is 625. The highest BCUT2D eigenvalue weighted by Crippen LogP contribution is 2.25. The van der Waals surface area contributed by atoms with Crippen LogP contribution < -0.4 is 0 Å². The highest BCUT2D eigenvalue weighted by atomic mass is 19.1. The summed E-state index contributed by atoms with van der Waals surface area (Å²) in [5, 5.41) is 4.13. The summed E-state index contributed by atoms with van der Waals surface area (Å²) in [6.45, 7) is 3.71. The lowest BCUT2D eigenvalue weighted by molar-refractivity contribution is -0.144. The van der Waals surface area contributed by atoms with E-state index in [0.717, 1.165) is 0 Å². The fraction of sp³-hybridized carbons (Fsp3) is 0.357. The number of hydrogen-bond acceptors (Lipinski definition) is 4. The largest absolute Gasteiger partial charge is 0.465 e. The molecule has 0 spiro atoms. The maximum Gasteiger partial charge on any atom is 0.321 e. The van der Waals surface area contributed by atoms with E-state index >= 15 is 0 Å². The van der Waals surface area contributed by atoms with Crippen molar-refractivity contribution < 1.29 is 13.9 Å². The molecule has 0 aliphatic heterocycles. The van der Waals surface area contributed by atoms with Crippen molar-refractivity contribution in [1.29, 1.82) is 0 Å².